The first-order chi connectivity index (χ1) is 8.75. The van der Waals surface area contributed by atoms with E-state index in [0.717, 1.165) is 0 Å². The summed E-state index contributed by atoms with van der Waals surface area (Å²) in [7, 11) is -3.65. The molecule has 0 spiro atoms. The highest BCUT2D eigenvalue weighted by atomic mass is 32.2. The summed E-state index contributed by atoms with van der Waals surface area (Å²) in [5.74, 6) is 1.01. The van der Waals surface area contributed by atoms with E-state index in [9.17, 15) is 8.42 Å². The predicted octanol–water partition coefficient (Wildman–Crippen LogP) is 0.739. The van der Waals surface area contributed by atoms with Crippen molar-refractivity contribution in [3.8, 4) is 11.5 Å². The van der Waals surface area contributed by atoms with E-state index >= 15 is 0 Å². The summed E-state index contributed by atoms with van der Waals surface area (Å²) >= 11 is 0. The van der Waals surface area contributed by atoms with E-state index in [0.29, 0.717) is 17.1 Å². The van der Waals surface area contributed by atoms with Gasteiger partial charge in [-0.3, -0.25) is 0 Å². The van der Waals surface area contributed by atoms with Crippen LogP contribution in [-0.2, 0) is 10.0 Å². The van der Waals surface area contributed by atoms with Crippen molar-refractivity contribution in [1.82, 2.24) is 4.72 Å². The molecule has 0 bridgehead atoms. The first-order valence-electron chi connectivity index (χ1n) is 5.89. The fraction of sp³-hybridized carbons (Fsp3) is 0.500. The largest absolute Gasteiger partial charge is 0.454 e. The summed E-state index contributed by atoms with van der Waals surface area (Å²) in [4.78, 5) is 0.179. The SMILES string of the molecule is Cc1cc2c(cc1S(=O)(=O)NC(C)(C)CN)OCO2. The Morgan fingerprint density at radius 1 is 1.32 bits per heavy atom. The van der Waals surface area contributed by atoms with Gasteiger partial charge >= 0.3 is 0 Å². The van der Waals surface area contributed by atoms with Gasteiger partial charge in [0.05, 0.1) is 4.90 Å². The van der Waals surface area contributed by atoms with Crippen LogP contribution < -0.4 is 19.9 Å². The second-order valence-electron chi connectivity index (χ2n) is 5.16. The number of nitrogens with two attached hydrogens (primary N) is 1. The molecule has 0 amide bonds. The molecule has 0 aromatic heterocycles. The number of hydrogen-bond acceptors (Lipinski definition) is 5. The van der Waals surface area contributed by atoms with Crippen LogP contribution in [-0.4, -0.2) is 27.3 Å². The van der Waals surface area contributed by atoms with Gasteiger partial charge in [0, 0.05) is 18.2 Å². The number of fused-ring (bicyclic) bond motifs is 1. The molecular formula is C12H18N2O4S. The first-order valence-corrected chi connectivity index (χ1v) is 7.38. The lowest BCUT2D eigenvalue weighted by molar-refractivity contribution is 0.174. The Hall–Kier alpha value is -1.31. The van der Waals surface area contributed by atoms with Crippen molar-refractivity contribution in [3.63, 3.8) is 0 Å². The monoisotopic (exact) mass is 286 g/mol. The molecule has 0 saturated carbocycles. The zero-order valence-electron chi connectivity index (χ0n) is 11.2. The molecule has 0 atom stereocenters. The van der Waals surface area contributed by atoms with E-state index in [-0.39, 0.29) is 18.2 Å². The van der Waals surface area contributed by atoms with Crippen LogP contribution in [0.1, 0.15) is 19.4 Å². The Morgan fingerprint density at radius 3 is 2.47 bits per heavy atom. The summed E-state index contributed by atoms with van der Waals surface area (Å²) in [6, 6.07) is 3.14. The van der Waals surface area contributed by atoms with Gasteiger partial charge in [0.2, 0.25) is 16.8 Å². The lowest BCUT2D eigenvalue weighted by atomic mass is 10.1. The summed E-state index contributed by atoms with van der Waals surface area (Å²) in [5.41, 5.74) is 5.44. The Kier molecular flexibility index (Phi) is 3.46. The van der Waals surface area contributed by atoms with Crippen LogP contribution in [0.5, 0.6) is 11.5 Å². The van der Waals surface area contributed by atoms with Crippen LogP contribution in [0, 0.1) is 6.92 Å². The third kappa shape index (κ3) is 2.83. The van der Waals surface area contributed by atoms with Crippen molar-refractivity contribution in [2.75, 3.05) is 13.3 Å². The number of sulfonamides is 1. The molecule has 3 N–H and O–H groups in total. The molecule has 19 heavy (non-hydrogen) atoms. The molecular weight excluding hydrogens is 268 g/mol. The molecule has 1 aromatic rings. The van der Waals surface area contributed by atoms with Gasteiger partial charge in [-0.15, -0.1) is 0 Å². The molecule has 0 saturated heterocycles. The van der Waals surface area contributed by atoms with Gasteiger partial charge in [-0.2, -0.15) is 0 Å². The van der Waals surface area contributed by atoms with Gasteiger partial charge < -0.3 is 15.2 Å². The smallest absolute Gasteiger partial charge is 0.241 e. The Bertz CT molecular complexity index is 596. The van der Waals surface area contributed by atoms with E-state index in [2.05, 4.69) is 4.72 Å². The van der Waals surface area contributed by atoms with Gasteiger partial charge in [0.1, 0.15) is 0 Å². The van der Waals surface area contributed by atoms with Crippen molar-refractivity contribution in [2.24, 2.45) is 5.73 Å². The summed E-state index contributed by atoms with van der Waals surface area (Å²) in [6.07, 6.45) is 0. The van der Waals surface area contributed by atoms with E-state index in [1.54, 1.807) is 26.8 Å². The third-order valence-electron chi connectivity index (χ3n) is 2.88. The zero-order chi connectivity index (χ0) is 14.3. The molecule has 1 heterocycles. The van der Waals surface area contributed by atoms with Crippen LogP contribution in [0.25, 0.3) is 0 Å². The fourth-order valence-electron chi connectivity index (χ4n) is 1.77. The molecule has 0 radical (unpaired) electrons. The second-order valence-corrected chi connectivity index (χ2v) is 6.82. The zero-order valence-corrected chi connectivity index (χ0v) is 12.0. The molecule has 1 aliphatic heterocycles. The Labute approximate surface area is 112 Å². The minimum atomic E-state index is -3.65. The van der Waals surface area contributed by atoms with Crippen LogP contribution >= 0.6 is 0 Å². The van der Waals surface area contributed by atoms with Crippen molar-refractivity contribution in [3.05, 3.63) is 17.7 Å². The topological polar surface area (TPSA) is 90.7 Å². The molecule has 7 heteroatoms. The molecule has 0 fully saturated rings. The van der Waals surface area contributed by atoms with E-state index < -0.39 is 15.6 Å². The molecule has 1 aliphatic rings. The molecule has 2 rings (SSSR count). The average molecular weight is 286 g/mol. The van der Waals surface area contributed by atoms with Crippen molar-refractivity contribution >= 4 is 10.0 Å². The number of benzene rings is 1. The maximum Gasteiger partial charge on any atom is 0.241 e. The standard InChI is InChI=1S/C12H18N2O4S/c1-8-4-9-10(18-7-17-9)5-11(8)19(15,16)14-12(2,3)6-13/h4-5,14H,6-7,13H2,1-3H3. The normalized spacial score (nSPS) is 14.7. The molecule has 0 unspecified atom stereocenters. The van der Waals surface area contributed by atoms with Crippen molar-refractivity contribution < 1.29 is 17.9 Å². The minimum absolute atomic E-state index is 0.111. The molecule has 106 valence electrons. The highest BCUT2D eigenvalue weighted by Gasteiger charge is 2.28. The minimum Gasteiger partial charge on any atom is -0.454 e. The summed E-state index contributed by atoms with van der Waals surface area (Å²) in [6.45, 7) is 5.49. The summed E-state index contributed by atoms with van der Waals surface area (Å²) in [5, 5.41) is 0. The van der Waals surface area contributed by atoms with E-state index in [1.807, 2.05) is 0 Å². The quantitative estimate of drug-likeness (QED) is 0.852. The highest BCUT2D eigenvalue weighted by Crippen LogP contribution is 2.36. The number of aryl methyl sites for hydroxylation is 1. The van der Waals surface area contributed by atoms with Crippen LogP contribution in [0.15, 0.2) is 17.0 Å². The number of nitrogens with one attached hydrogen (secondary N) is 1. The fourth-order valence-corrected chi connectivity index (χ4v) is 3.44. The number of hydrogen-bond donors (Lipinski definition) is 2. The van der Waals surface area contributed by atoms with Crippen LogP contribution in [0.3, 0.4) is 0 Å². The van der Waals surface area contributed by atoms with Gasteiger partial charge in [-0.25, -0.2) is 13.1 Å². The van der Waals surface area contributed by atoms with Gasteiger partial charge in [0.25, 0.3) is 0 Å². The third-order valence-corrected chi connectivity index (χ3v) is 4.72. The number of rotatable bonds is 4. The Morgan fingerprint density at radius 2 is 1.89 bits per heavy atom. The average Bonchev–Trinajstić information content (AvgIpc) is 2.73. The Balaban J connectivity index is 2.41. The lowest BCUT2D eigenvalue weighted by Gasteiger charge is -2.24. The van der Waals surface area contributed by atoms with Crippen LogP contribution in [0.2, 0.25) is 0 Å². The van der Waals surface area contributed by atoms with E-state index in [4.69, 9.17) is 15.2 Å². The van der Waals surface area contributed by atoms with Crippen LogP contribution in [0.4, 0.5) is 0 Å². The first kappa shape index (κ1) is 14.1. The molecule has 0 aliphatic carbocycles. The molecule has 6 nitrogen and oxygen atoms in total. The van der Waals surface area contributed by atoms with Crippen molar-refractivity contribution in [1.29, 1.82) is 0 Å². The number of ether oxygens (including phenoxy) is 2. The van der Waals surface area contributed by atoms with Gasteiger partial charge in [-0.05, 0) is 32.4 Å². The van der Waals surface area contributed by atoms with Gasteiger partial charge in [-0.1, -0.05) is 0 Å². The maximum absolute atomic E-state index is 12.4. The highest BCUT2D eigenvalue weighted by molar-refractivity contribution is 7.89. The summed E-state index contributed by atoms with van der Waals surface area (Å²) < 4.78 is 37.7. The van der Waals surface area contributed by atoms with E-state index in [1.165, 1.54) is 6.07 Å². The lowest BCUT2D eigenvalue weighted by Crippen LogP contribution is -2.48. The van der Waals surface area contributed by atoms with Crippen molar-refractivity contribution in [2.45, 2.75) is 31.2 Å². The second kappa shape index (κ2) is 4.66. The predicted molar refractivity (Wildman–Crippen MR) is 70.8 cm³/mol. The molecule has 1 aromatic carbocycles. The maximum atomic E-state index is 12.4. The van der Waals surface area contributed by atoms with Gasteiger partial charge in [0.15, 0.2) is 11.5 Å².